The Morgan fingerprint density at radius 3 is 1.47 bits per heavy atom. The van der Waals surface area contributed by atoms with Crippen LogP contribution in [0.3, 0.4) is 0 Å². The second-order valence-corrected chi connectivity index (χ2v) is 8.25. The molecule has 0 radical (unpaired) electrons. The number of benzene rings is 2. The van der Waals surface area contributed by atoms with Crippen molar-refractivity contribution in [2.24, 2.45) is 10.2 Å². The van der Waals surface area contributed by atoms with E-state index in [9.17, 15) is 9.59 Å². The second kappa shape index (κ2) is 12.7. The van der Waals surface area contributed by atoms with Crippen LogP contribution < -0.4 is 10.9 Å². The third-order valence-corrected chi connectivity index (χ3v) is 5.15. The Labute approximate surface area is 211 Å². The van der Waals surface area contributed by atoms with Gasteiger partial charge in [0.2, 0.25) is 0 Å². The third kappa shape index (κ3) is 7.70. The van der Waals surface area contributed by atoms with Crippen LogP contribution in [0.2, 0.25) is 0 Å². The first kappa shape index (κ1) is 26.0. The largest absolute Gasteiger partial charge is 0.273 e. The Hall–Kier alpha value is -4.65. The molecule has 0 aliphatic rings. The summed E-state index contributed by atoms with van der Waals surface area (Å²) in [5, 5.41) is 8.07. The molecule has 0 unspecified atom stereocenters. The summed E-state index contributed by atoms with van der Waals surface area (Å²) in [5.41, 5.74) is 10.3. The first-order valence-corrected chi connectivity index (χ1v) is 11.4. The average molecular weight is 480 g/mol. The van der Waals surface area contributed by atoms with E-state index in [1.165, 1.54) is 6.07 Å². The van der Waals surface area contributed by atoms with Gasteiger partial charge in [-0.05, 0) is 56.0 Å². The number of carbonyl (C=O) groups excluding carboxylic acids is 2. The molecule has 0 saturated heterocycles. The molecule has 0 aliphatic heterocycles. The molecule has 0 atom stereocenters. The van der Waals surface area contributed by atoms with Gasteiger partial charge in [-0.1, -0.05) is 72.8 Å². The first-order chi connectivity index (χ1) is 17.3. The summed E-state index contributed by atoms with van der Waals surface area (Å²) >= 11 is 0. The highest BCUT2D eigenvalue weighted by Crippen LogP contribution is 2.13. The molecule has 2 amide bonds. The number of nitrogens with zero attached hydrogens (tertiary/aromatic N) is 3. The van der Waals surface area contributed by atoms with Crippen LogP contribution in [0, 0.1) is 13.8 Å². The third-order valence-electron chi connectivity index (χ3n) is 5.15. The van der Waals surface area contributed by atoms with Gasteiger partial charge in [0.25, 0.3) is 11.8 Å². The van der Waals surface area contributed by atoms with Crippen molar-refractivity contribution in [2.75, 3.05) is 0 Å². The number of aromatic nitrogens is 1. The van der Waals surface area contributed by atoms with Crippen LogP contribution in [0.5, 0.6) is 0 Å². The Morgan fingerprint density at radius 1 is 0.694 bits per heavy atom. The highest BCUT2D eigenvalue weighted by atomic mass is 16.2. The smallest absolute Gasteiger partial charge is 0.267 e. The Bertz CT molecular complexity index is 1240. The molecule has 1 aromatic heterocycles. The van der Waals surface area contributed by atoms with Crippen molar-refractivity contribution >= 4 is 36.4 Å². The minimum atomic E-state index is -0.456. The molecule has 36 heavy (non-hydrogen) atoms. The summed E-state index contributed by atoms with van der Waals surface area (Å²) in [6, 6.07) is 21.1. The quantitative estimate of drug-likeness (QED) is 0.337. The van der Waals surface area contributed by atoms with Gasteiger partial charge < -0.3 is 0 Å². The SMILES string of the molecule is CC(C=NNC(=O)c1cc(C(=O)NN=CC(C)=Cc2ccccc2)c(C)nc1C)=Cc1ccccc1. The van der Waals surface area contributed by atoms with Gasteiger partial charge >= 0.3 is 0 Å². The molecule has 3 rings (SSSR count). The van der Waals surface area contributed by atoms with E-state index in [4.69, 9.17) is 0 Å². The number of allylic oxidation sites excluding steroid dienone is 2. The molecule has 1 heterocycles. The molecule has 2 N–H and O–H groups in total. The lowest BCUT2D eigenvalue weighted by Crippen LogP contribution is -2.23. The summed E-state index contributed by atoms with van der Waals surface area (Å²) in [7, 11) is 0. The number of amides is 2. The van der Waals surface area contributed by atoms with E-state index in [1.807, 2.05) is 86.7 Å². The normalized spacial score (nSPS) is 12.2. The van der Waals surface area contributed by atoms with Crippen molar-refractivity contribution in [3.05, 3.63) is 112 Å². The monoisotopic (exact) mass is 479 g/mol. The van der Waals surface area contributed by atoms with E-state index in [0.717, 1.165) is 22.3 Å². The van der Waals surface area contributed by atoms with Gasteiger partial charge in [-0.2, -0.15) is 10.2 Å². The lowest BCUT2D eigenvalue weighted by molar-refractivity contribution is 0.0954. The van der Waals surface area contributed by atoms with Crippen molar-refractivity contribution < 1.29 is 9.59 Å². The zero-order valence-electron chi connectivity index (χ0n) is 20.8. The van der Waals surface area contributed by atoms with E-state index in [-0.39, 0.29) is 11.1 Å². The van der Waals surface area contributed by atoms with Crippen LogP contribution in [0.4, 0.5) is 0 Å². The molecule has 0 aliphatic carbocycles. The lowest BCUT2D eigenvalue weighted by atomic mass is 10.1. The number of rotatable bonds is 8. The first-order valence-electron chi connectivity index (χ1n) is 11.4. The van der Waals surface area contributed by atoms with E-state index >= 15 is 0 Å². The maximum Gasteiger partial charge on any atom is 0.273 e. The maximum absolute atomic E-state index is 12.7. The molecule has 0 bridgehead atoms. The summed E-state index contributed by atoms with van der Waals surface area (Å²) in [5.74, 6) is -0.911. The van der Waals surface area contributed by atoms with Gasteiger partial charge in [-0.15, -0.1) is 0 Å². The predicted molar refractivity (Wildman–Crippen MR) is 146 cm³/mol. The highest BCUT2D eigenvalue weighted by Gasteiger charge is 2.17. The predicted octanol–water partition coefficient (Wildman–Crippen LogP) is 5.34. The van der Waals surface area contributed by atoms with Crippen LogP contribution in [0.25, 0.3) is 12.2 Å². The fraction of sp³-hybridized carbons (Fsp3) is 0.138. The summed E-state index contributed by atoms with van der Waals surface area (Å²) in [6.45, 7) is 7.20. The minimum absolute atomic E-state index is 0.261. The van der Waals surface area contributed by atoms with Gasteiger partial charge in [0.1, 0.15) is 0 Å². The average Bonchev–Trinajstić information content (AvgIpc) is 2.85. The van der Waals surface area contributed by atoms with Crippen LogP contribution in [-0.4, -0.2) is 29.2 Å². The molecule has 7 heteroatoms. The number of nitrogens with one attached hydrogen (secondary N) is 2. The van der Waals surface area contributed by atoms with E-state index in [0.29, 0.717) is 11.4 Å². The fourth-order valence-corrected chi connectivity index (χ4v) is 3.39. The molecule has 0 saturated carbocycles. The standard InChI is InChI=1S/C29H29N5O2/c1-20(15-24-11-7-5-8-12-24)18-30-33-28(35)26-17-27(23(4)32-22(26)3)29(36)34-31-19-21(2)16-25-13-9-6-10-14-25/h5-19H,1-4H3,(H,33,35)(H,34,36). The number of hydrogen-bond donors (Lipinski definition) is 2. The minimum Gasteiger partial charge on any atom is -0.267 e. The highest BCUT2D eigenvalue weighted by molar-refractivity contribution is 6.01. The number of hydrogen-bond acceptors (Lipinski definition) is 5. The van der Waals surface area contributed by atoms with Gasteiger partial charge in [0, 0.05) is 0 Å². The molecule has 182 valence electrons. The van der Waals surface area contributed by atoms with Gasteiger partial charge in [-0.25, -0.2) is 10.9 Å². The van der Waals surface area contributed by atoms with Gasteiger partial charge in [-0.3, -0.25) is 14.6 Å². The lowest BCUT2D eigenvalue weighted by Gasteiger charge is -2.09. The van der Waals surface area contributed by atoms with Gasteiger partial charge in [0.05, 0.1) is 34.9 Å². The molecular weight excluding hydrogens is 450 g/mol. The van der Waals surface area contributed by atoms with Crippen LogP contribution in [0.15, 0.2) is 88.1 Å². The summed E-state index contributed by atoms with van der Waals surface area (Å²) < 4.78 is 0. The molecule has 0 fully saturated rings. The number of pyridine rings is 1. The van der Waals surface area contributed by atoms with Crippen LogP contribution in [0.1, 0.15) is 57.1 Å². The molecule has 2 aromatic carbocycles. The topological polar surface area (TPSA) is 95.8 Å². The molecule has 3 aromatic rings. The Morgan fingerprint density at radius 2 is 1.08 bits per heavy atom. The number of carbonyl (C=O) groups is 2. The molecule has 7 nitrogen and oxygen atoms in total. The zero-order chi connectivity index (χ0) is 25.9. The van der Waals surface area contributed by atoms with E-state index < -0.39 is 11.8 Å². The van der Waals surface area contributed by atoms with E-state index in [2.05, 4.69) is 26.0 Å². The van der Waals surface area contributed by atoms with Crippen molar-refractivity contribution in [3.63, 3.8) is 0 Å². The van der Waals surface area contributed by atoms with Gasteiger partial charge in [0.15, 0.2) is 0 Å². The van der Waals surface area contributed by atoms with E-state index in [1.54, 1.807) is 26.3 Å². The van der Waals surface area contributed by atoms with Crippen molar-refractivity contribution in [1.29, 1.82) is 0 Å². The van der Waals surface area contributed by atoms with Crippen molar-refractivity contribution in [1.82, 2.24) is 15.8 Å². The van der Waals surface area contributed by atoms with Crippen molar-refractivity contribution in [3.8, 4) is 0 Å². The summed E-state index contributed by atoms with van der Waals surface area (Å²) in [6.07, 6.45) is 7.03. The number of aryl methyl sites for hydroxylation is 2. The zero-order valence-corrected chi connectivity index (χ0v) is 20.8. The maximum atomic E-state index is 12.7. The number of hydrazone groups is 2. The van der Waals surface area contributed by atoms with Crippen LogP contribution >= 0.6 is 0 Å². The second-order valence-electron chi connectivity index (χ2n) is 8.25. The fourth-order valence-electron chi connectivity index (χ4n) is 3.39. The molecular formula is C29H29N5O2. The van der Waals surface area contributed by atoms with Crippen LogP contribution in [-0.2, 0) is 0 Å². The Balaban J connectivity index is 1.66. The Kier molecular flexibility index (Phi) is 9.17. The summed E-state index contributed by atoms with van der Waals surface area (Å²) in [4.78, 5) is 29.8. The molecule has 0 spiro atoms. The van der Waals surface area contributed by atoms with Crippen molar-refractivity contribution in [2.45, 2.75) is 27.7 Å².